The molecule has 0 bridgehead atoms. The van der Waals surface area contributed by atoms with E-state index in [1.807, 2.05) is 6.07 Å². The Morgan fingerprint density at radius 3 is 2.92 bits per heavy atom. The van der Waals surface area contributed by atoms with Gasteiger partial charge < -0.3 is 4.74 Å². The first kappa shape index (κ1) is 8.97. The second-order valence-corrected chi connectivity index (χ2v) is 2.66. The summed E-state index contributed by atoms with van der Waals surface area (Å²) in [5, 5.41) is 0. The number of hydrogen-bond donors (Lipinski definition) is 0. The Labute approximate surface area is 72.8 Å². The van der Waals surface area contributed by atoms with Gasteiger partial charge >= 0.3 is 0 Å². The summed E-state index contributed by atoms with van der Waals surface area (Å²) in [5.74, 6) is 0.649. The fourth-order valence-electron chi connectivity index (χ4n) is 0.983. The van der Waals surface area contributed by atoms with Crippen molar-refractivity contribution in [3.05, 3.63) is 18.1 Å². The van der Waals surface area contributed by atoms with Gasteiger partial charge in [0.05, 0.1) is 7.11 Å². The van der Waals surface area contributed by atoms with Crippen LogP contribution in [-0.2, 0) is 6.42 Å². The number of ether oxygens (including phenoxy) is 1. The fourth-order valence-corrected chi connectivity index (χ4v) is 0.983. The third-order valence-electron chi connectivity index (χ3n) is 1.69. The predicted octanol–water partition coefficient (Wildman–Crippen LogP) is 1.83. The van der Waals surface area contributed by atoms with Crippen molar-refractivity contribution in [2.24, 2.45) is 0 Å². The molecule has 0 unspecified atom stereocenters. The zero-order valence-corrected chi connectivity index (χ0v) is 7.58. The minimum Gasteiger partial charge on any atom is -0.481 e. The molecular weight excluding hydrogens is 152 g/mol. The third-order valence-corrected chi connectivity index (χ3v) is 1.69. The molecule has 66 valence electrons. The van der Waals surface area contributed by atoms with Crippen LogP contribution in [0.4, 0.5) is 0 Å². The largest absolute Gasteiger partial charge is 0.481 e. The molecule has 1 heterocycles. The van der Waals surface area contributed by atoms with Gasteiger partial charge in [-0.05, 0) is 12.8 Å². The van der Waals surface area contributed by atoms with E-state index in [1.165, 1.54) is 12.8 Å². The highest BCUT2D eigenvalue weighted by Crippen LogP contribution is 2.07. The van der Waals surface area contributed by atoms with Crippen LogP contribution >= 0.6 is 0 Å². The minimum atomic E-state index is 0.649. The molecule has 0 aromatic carbocycles. The van der Waals surface area contributed by atoms with Gasteiger partial charge in [0.15, 0.2) is 0 Å². The van der Waals surface area contributed by atoms with Crippen molar-refractivity contribution in [1.29, 1.82) is 0 Å². The van der Waals surface area contributed by atoms with Gasteiger partial charge in [0, 0.05) is 11.8 Å². The lowest BCUT2D eigenvalue weighted by molar-refractivity contribution is 0.395. The van der Waals surface area contributed by atoms with Crippen LogP contribution < -0.4 is 4.74 Å². The summed E-state index contributed by atoms with van der Waals surface area (Å²) in [7, 11) is 1.62. The lowest BCUT2D eigenvalue weighted by Crippen LogP contribution is -1.94. The van der Waals surface area contributed by atoms with E-state index in [4.69, 9.17) is 4.74 Å². The number of unbranched alkanes of at least 4 members (excludes halogenated alkanes) is 1. The number of rotatable bonds is 4. The zero-order chi connectivity index (χ0) is 8.81. The van der Waals surface area contributed by atoms with E-state index >= 15 is 0 Å². The molecule has 0 fully saturated rings. The Bertz CT molecular complexity index is 238. The Morgan fingerprint density at radius 2 is 2.25 bits per heavy atom. The maximum absolute atomic E-state index is 4.98. The van der Waals surface area contributed by atoms with Gasteiger partial charge in [-0.2, -0.15) is 0 Å². The average Bonchev–Trinajstić information content (AvgIpc) is 2.15. The van der Waals surface area contributed by atoms with Crippen LogP contribution in [0.1, 0.15) is 25.5 Å². The highest BCUT2D eigenvalue weighted by Gasteiger charge is 1.96. The highest BCUT2D eigenvalue weighted by atomic mass is 16.5. The summed E-state index contributed by atoms with van der Waals surface area (Å²) in [6.45, 7) is 2.17. The van der Waals surface area contributed by atoms with Gasteiger partial charge in [-0.15, -0.1) is 0 Å². The molecule has 0 N–H and O–H groups in total. The minimum absolute atomic E-state index is 0.649. The van der Waals surface area contributed by atoms with Crippen molar-refractivity contribution >= 4 is 0 Å². The molecule has 0 amide bonds. The molecular formula is C9H14N2O. The van der Waals surface area contributed by atoms with Gasteiger partial charge in [-0.3, -0.25) is 0 Å². The molecule has 1 rings (SSSR count). The summed E-state index contributed by atoms with van der Waals surface area (Å²) >= 11 is 0. The van der Waals surface area contributed by atoms with E-state index in [1.54, 1.807) is 13.4 Å². The smallest absolute Gasteiger partial charge is 0.216 e. The van der Waals surface area contributed by atoms with Crippen LogP contribution in [-0.4, -0.2) is 17.1 Å². The molecule has 1 aromatic rings. The quantitative estimate of drug-likeness (QED) is 0.684. The van der Waals surface area contributed by atoms with Crippen molar-refractivity contribution in [1.82, 2.24) is 9.97 Å². The molecule has 1 aromatic heterocycles. The number of nitrogens with zero attached hydrogens (tertiary/aromatic N) is 2. The number of methoxy groups -OCH3 is 1. The monoisotopic (exact) mass is 166 g/mol. The predicted molar refractivity (Wildman–Crippen MR) is 47.2 cm³/mol. The van der Waals surface area contributed by atoms with Crippen LogP contribution in [0, 0.1) is 0 Å². The molecule has 0 aliphatic heterocycles. The second-order valence-electron chi connectivity index (χ2n) is 2.66. The molecule has 0 radical (unpaired) electrons. The highest BCUT2D eigenvalue weighted by molar-refractivity contribution is 5.13. The fraction of sp³-hybridized carbons (Fsp3) is 0.556. The molecule has 0 aliphatic carbocycles. The maximum atomic E-state index is 4.98. The summed E-state index contributed by atoms with van der Waals surface area (Å²) in [6, 6.07) is 1.88. The van der Waals surface area contributed by atoms with Crippen LogP contribution in [0.15, 0.2) is 12.4 Å². The van der Waals surface area contributed by atoms with Crippen molar-refractivity contribution in [3.8, 4) is 5.88 Å². The lowest BCUT2D eigenvalue weighted by atomic mass is 10.2. The second kappa shape index (κ2) is 4.70. The van der Waals surface area contributed by atoms with E-state index in [2.05, 4.69) is 16.9 Å². The Hall–Kier alpha value is -1.12. The van der Waals surface area contributed by atoms with Crippen LogP contribution in [0.5, 0.6) is 5.88 Å². The van der Waals surface area contributed by atoms with Crippen molar-refractivity contribution < 1.29 is 4.74 Å². The molecule has 0 saturated carbocycles. The van der Waals surface area contributed by atoms with Gasteiger partial charge in [0.1, 0.15) is 6.33 Å². The van der Waals surface area contributed by atoms with E-state index in [-0.39, 0.29) is 0 Å². The van der Waals surface area contributed by atoms with Gasteiger partial charge in [0.2, 0.25) is 5.88 Å². The van der Waals surface area contributed by atoms with Crippen LogP contribution in [0.25, 0.3) is 0 Å². The van der Waals surface area contributed by atoms with Crippen molar-refractivity contribution in [2.45, 2.75) is 26.2 Å². The summed E-state index contributed by atoms with van der Waals surface area (Å²) < 4.78 is 4.98. The topological polar surface area (TPSA) is 35.0 Å². The number of aromatic nitrogens is 2. The third kappa shape index (κ3) is 2.49. The van der Waals surface area contributed by atoms with E-state index in [9.17, 15) is 0 Å². The first-order chi connectivity index (χ1) is 5.86. The summed E-state index contributed by atoms with van der Waals surface area (Å²) in [5.41, 5.74) is 1.06. The van der Waals surface area contributed by atoms with Crippen LogP contribution in [0.3, 0.4) is 0 Å². The lowest BCUT2D eigenvalue weighted by Gasteiger charge is -2.00. The first-order valence-electron chi connectivity index (χ1n) is 4.21. The normalized spacial score (nSPS) is 9.83. The number of hydrogen-bond acceptors (Lipinski definition) is 3. The van der Waals surface area contributed by atoms with Gasteiger partial charge in [-0.25, -0.2) is 9.97 Å². The molecule has 3 nitrogen and oxygen atoms in total. The Balaban J connectivity index is 2.60. The number of aryl methyl sites for hydroxylation is 1. The first-order valence-corrected chi connectivity index (χ1v) is 4.21. The molecule has 0 saturated heterocycles. The van der Waals surface area contributed by atoms with E-state index in [0.717, 1.165) is 12.1 Å². The standard InChI is InChI=1S/C9H14N2O/c1-3-4-5-8-6-9(12-2)11-7-10-8/h6-7H,3-5H2,1-2H3. The van der Waals surface area contributed by atoms with E-state index < -0.39 is 0 Å². The zero-order valence-electron chi connectivity index (χ0n) is 7.58. The maximum Gasteiger partial charge on any atom is 0.216 e. The molecule has 3 heteroatoms. The van der Waals surface area contributed by atoms with Crippen molar-refractivity contribution in [3.63, 3.8) is 0 Å². The Kier molecular flexibility index (Phi) is 3.51. The van der Waals surface area contributed by atoms with Crippen LogP contribution in [0.2, 0.25) is 0 Å². The van der Waals surface area contributed by atoms with Crippen molar-refractivity contribution in [2.75, 3.05) is 7.11 Å². The molecule has 0 aliphatic rings. The Morgan fingerprint density at radius 1 is 1.42 bits per heavy atom. The molecule has 0 atom stereocenters. The van der Waals surface area contributed by atoms with E-state index in [0.29, 0.717) is 5.88 Å². The molecule has 12 heavy (non-hydrogen) atoms. The summed E-state index contributed by atoms with van der Waals surface area (Å²) in [4.78, 5) is 8.07. The SMILES string of the molecule is CCCCc1cc(OC)ncn1. The average molecular weight is 166 g/mol. The van der Waals surface area contributed by atoms with Gasteiger partial charge in [-0.1, -0.05) is 13.3 Å². The van der Waals surface area contributed by atoms with Gasteiger partial charge in [0.25, 0.3) is 0 Å². The molecule has 0 spiro atoms. The summed E-state index contributed by atoms with van der Waals surface area (Å²) in [6.07, 6.45) is 4.91.